The molecule has 0 fully saturated rings. The van der Waals surface area contributed by atoms with Crippen molar-refractivity contribution in [3.05, 3.63) is 11.7 Å². The molecule has 0 atom stereocenters. The van der Waals surface area contributed by atoms with E-state index in [4.69, 9.17) is 14.0 Å². The maximum atomic E-state index is 5.70. The standard InChI is InChI=1S/C9H17BO3/c1-9(2,3)13-10(11-4)8-5-6-12-7-8/h7H,5-6H2,1-4H3. The molecular formula is C9H17BO3. The molecule has 0 saturated heterocycles. The van der Waals surface area contributed by atoms with Crippen molar-refractivity contribution in [1.29, 1.82) is 0 Å². The summed E-state index contributed by atoms with van der Waals surface area (Å²) in [5.41, 5.74) is 0.891. The van der Waals surface area contributed by atoms with Crippen molar-refractivity contribution in [3.63, 3.8) is 0 Å². The molecule has 0 aromatic carbocycles. The third-order valence-electron chi connectivity index (χ3n) is 1.72. The minimum absolute atomic E-state index is 0.190. The molecular weight excluding hydrogens is 167 g/mol. The maximum Gasteiger partial charge on any atom is 0.493 e. The van der Waals surface area contributed by atoms with Gasteiger partial charge in [0.05, 0.1) is 12.9 Å². The van der Waals surface area contributed by atoms with Crippen LogP contribution in [0, 0.1) is 0 Å². The summed E-state index contributed by atoms with van der Waals surface area (Å²) in [6.07, 6.45) is 2.63. The van der Waals surface area contributed by atoms with E-state index in [-0.39, 0.29) is 12.7 Å². The Morgan fingerprint density at radius 3 is 2.54 bits per heavy atom. The van der Waals surface area contributed by atoms with E-state index >= 15 is 0 Å². The molecule has 0 bridgehead atoms. The van der Waals surface area contributed by atoms with Crippen LogP contribution in [-0.2, 0) is 14.0 Å². The van der Waals surface area contributed by atoms with Crippen LogP contribution < -0.4 is 0 Å². The van der Waals surface area contributed by atoms with Gasteiger partial charge in [-0.05, 0) is 26.2 Å². The van der Waals surface area contributed by atoms with Gasteiger partial charge in [0.15, 0.2) is 0 Å². The van der Waals surface area contributed by atoms with Crippen molar-refractivity contribution in [2.75, 3.05) is 13.7 Å². The van der Waals surface area contributed by atoms with Crippen molar-refractivity contribution in [2.24, 2.45) is 0 Å². The van der Waals surface area contributed by atoms with Gasteiger partial charge in [0, 0.05) is 19.1 Å². The lowest BCUT2D eigenvalue weighted by molar-refractivity contribution is 0.0956. The molecule has 13 heavy (non-hydrogen) atoms. The monoisotopic (exact) mass is 184 g/mol. The van der Waals surface area contributed by atoms with E-state index in [2.05, 4.69) is 0 Å². The third-order valence-corrected chi connectivity index (χ3v) is 1.72. The summed E-state index contributed by atoms with van der Waals surface area (Å²) in [6, 6.07) is 0. The molecule has 0 saturated carbocycles. The summed E-state index contributed by atoms with van der Waals surface area (Å²) in [4.78, 5) is 0. The first-order chi connectivity index (χ1) is 6.03. The smallest absolute Gasteiger partial charge is 0.493 e. The van der Waals surface area contributed by atoms with Gasteiger partial charge in [0.1, 0.15) is 0 Å². The molecule has 0 spiro atoms. The Bertz CT molecular complexity index is 196. The Kier molecular flexibility index (Phi) is 3.39. The van der Waals surface area contributed by atoms with Gasteiger partial charge < -0.3 is 14.0 Å². The lowest BCUT2D eigenvalue weighted by Gasteiger charge is -2.24. The zero-order valence-electron chi connectivity index (χ0n) is 8.79. The fourth-order valence-electron chi connectivity index (χ4n) is 1.17. The molecule has 3 nitrogen and oxygen atoms in total. The molecule has 0 amide bonds. The first kappa shape index (κ1) is 10.6. The molecule has 1 rings (SSSR count). The summed E-state index contributed by atoms with van der Waals surface area (Å²) in [7, 11) is 1.39. The highest BCUT2D eigenvalue weighted by atomic mass is 16.6. The second kappa shape index (κ2) is 4.16. The van der Waals surface area contributed by atoms with Crippen molar-refractivity contribution < 1.29 is 14.0 Å². The minimum atomic E-state index is -0.262. The van der Waals surface area contributed by atoms with Crippen LogP contribution in [0.1, 0.15) is 27.2 Å². The predicted molar refractivity (Wildman–Crippen MR) is 52.3 cm³/mol. The lowest BCUT2D eigenvalue weighted by Crippen LogP contribution is -2.34. The molecule has 1 aliphatic rings. The van der Waals surface area contributed by atoms with Crippen LogP contribution in [0.25, 0.3) is 0 Å². The third kappa shape index (κ3) is 3.40. The first-order valence-corrected chi connectivity index (χ1v) is 4.54. The van der Waals surface area contributed by atoms with Gasteiger partial charge in [0.25, 0.3) is 0 Å². The summed E-state index contributed by atoms with van der Waals surface area (Å²) < 4.78 is 16.1. The van der Waals surface area contributed by atoms with Gasteiger partial charge in [-0.1, -0.05) is 0 Å². The molecule has 0 unspecified atom stereocenters. The van der Waals surface area contributed by atoms with Crippen molar-refractivity contribution in [2.45, 2.75) is 32.8 Å². The fourth-order valence-corrected chi connectivity index (χ4v) is 1.17. The van der Waals surface area contributed by atoms with Crippen LogP contribution in [0.5, 0.6) is 0 Å². The molecule has 0 radical (unpaired) electrons. The number of ether oxygens (including phenoxy) is 1. The Hall–Kier alpha value is -0.475. The van der Waals surface area contributed by atoms with Crippen LogP contribution >= 0.6 is 0 Å². The Morgan fingerprint density at radius 2 is 2.15 bits per heavy atom. The van der Waals surface area contributed by atoms with Crippen molar-refractivity contribution >= 4 is 7.12 Å². The summed E-state index contributed by atoms with van der Waals surface area (Å²) in [5, 5.41) is 0. The topological polar surface area (TPSA) is 27.7 Å². The summed E-state index contributed by atoms with van der Waals surface area (Å²) in [6.45, 7) is 6.77. The largest absolute Gasteiger partial charge is 0.502 e. The van der Waals surface area contributed by atoms with E-state index < -0.39 is 0 Å². The Labute approximate surface area is 80.2 Å². The van der Waals surface area contributed by atoms with Gasteiger partial charge in [0.2, 0.25) is 0 Å². The van der Waals surface area contributed by atoms with Gasteiger partial charge in [-0.3, -0.25) is 0 Å². The van der Waals surface area contributed by atoms with Crippen LogP contribution in [0.4, 0.5) is 0 Å². The molecule has 0 aliphatic carbocycles. The van der Waals surface area contributed by atoms with E-state index in [0.29, 0.717) is 0 Å². The zero-order valence-corrected chi connectivity index (χ0v) is 8.79. The van der Waals surface area contributed by atoms with Crippen molar-refractivity contribution in [1.82, 2.24) is 0 Å². The second-order valence-corrected chi connectivity index (χ2v) is 4.11. The highest BCUT2D eigenvalue weighted by molar-refractivity contribution is 6.53. The minimum Gasteiger partial charge on any atom is -0.502 e. The lowest BCUT2D eigenvalue weighted by atomic mass is 9.76. The average Bonchev–Trinajstić information content (AvgIpc) is 2.50. The molecule has 1 aliphatic heterocycles. The highest BCUT2D eigenvalue weighted by Crippen LogP contribution is 2.19. The van der Waals surface area contributed by atoms with E-state index in [9.17, 15) is 0 Å². The van der Waals surface area contributed by atoms with E-state index in [1.54, 1.807) is 13.4 Å². The number of hydrogen-bond acceptors (Lipinski definition) is 3. The summed E-state index contributed by atoms with van der Waals surface area (Å²) >= 11 is 0. The first-order valence-electron chi connectivity index (χ1n) is 4.54. The maximum absolute atomic E-state index is 5.70. The van der Waals surface area contributed by atoms with Crippen LogP contribution in [0.15, 0.2) is 11.7 Å². The molecule has 1 heterocycles. The molecule has 0 aromatic heterocycles. The van der Waals surface area contributed by atoms with E-state index in [1.165, 1.54) is 0 Å². The molecule has 4 heteroatoms. The van der Waals surface area contributed by atoms with Gasteiger partial charge in [-0.25, -0.2) is 0 Å². The SMILES string of the molecule is COB(OC(C)(C)C)C1=COCC1. The number of rotatable bonds is 3. The van der Waals surface area contributed by atoms with Crippen LogP contribution in [-0.4, -0.2) is 26.4 Å². The van der Waals surface area contributed by atoms with Gasteiger partial charge >= 0.3 is 7.12 Å². The molecule has 74 valence electrons. The van der Waals surface area contributed by atoms with Crippen LogP contribution in [0.3, 0.4) is 0 Å². The molecule has 0 N–H and O–H groups in total. The highest BCUT2D eigenvalue weighted by Gasteiger charge is 2.30. The average molecular weight is 184 g/mol. The van der Waals surface area contributed by atoms with Crippen LogP contribution in [0.2, 0.25) is 0 Å². The normalized spacial score (nSPS) is 16.8. The fraction of sp³-hybridized carbons (Fsp3) is 0.778. The van der Waals surface area contributed by atoms with Gasteiger partial charge in [-0.15, -0.1) is 0 Å². The molecule has 0 aromatic rings. The van der Waals surface area contributed by atoms with Gasteiger partial charge in [-0.2, -0.15) is 0 Å². The van der Waals surface area contributed by atoms with Crippen molar-refractivity contribution in [3.8, 4) is 0 Å². The number of hydrogen-bond donors (Lipinski definition) is 0. The zero-order chi connectivity index (χ0) is 9.90. The second-order valence-electron chi connectivity index (χ2n) is 4.11. The van der Waals surface area contributed by atoms with E-state index in [0.717, 1.165) is 18.5 Å². The Morgan fingerprint density at radius 1 is 1.46 bits per heavy atom. The Balaban J connectivity index is 2.52. The quantitative estimate of drug-likeness (QED) is 0.625. The predicted octanol–water partition coefficient (Wildman–Crippen LogP) is 1.78. The summed E-state index contributed by atoms with van der Waals surface area (Å²) in [5.74, 6) is 0. The van der Waals surface area contributed by atoms with E-state index in [1.807, 2.05) is 20.8 Å².